The molecular weight excluding hydrogens is 388 g/mol. The van der Waals surface area contributed by atoms with Crippen molar-refractivity contribution in [2.24, 2.45) is 0 Å². The molecule has 1 aliphatic rings. The lowest BCUT2D eigenvalue weighted by Gasteiger charge is -2.34. The van der Waals surface area contributed by atoms with Crippen LogP contribution in [0, 0.1) is 0 Å². The lowest BCUT2D eigenvalue weighted by Crippen LogP contribution is -2.46. The minimum absolute atomic E-state index is 0.113. The van der Waals surface area contributed by atoms with E-state index in [1.54, 1.807) is 12.4 Å². The molecule has 1 saturated heterocycles. The van der Waals surface area contributed by atoms with Gasteiger partial charge >= 0.3 is 5.97 Å². The Labute approximate surface area is 173 Å². The molecule has 8 nitrogen and oxygen atoms in total. The van der Waals surface area contributed by atoms with Gasteiger partial charge in [-0.15, -0.1) is 11.8 Å². The van der Waals surface area contributed by atoms with Gasteiger partial charge in [-0.1, -0.05) is 18.2 Å². The molecule has 0 atom stereocenters. The van der Waals surface area contributed by atoms with Crippen LogP contribution in [0.2, 0.25) is 0 Å². The summed E-state index contributed by atoms with van der Waals surface area (Å²) < 4.78 is 0. The van der Waals surface area contributed by atoms with Crippen molar-refractivity contribution in [3.63, 3.8) is 0 Å². The van der Waals surface area contributed by atoms with E-state index >= 15 is 0 Å². The van der Waals surface area contributed by atoms with Crippen LogP contribution in [0.3, 0.4) is 0 Å². The van der Waals surface area contributed by atoms with Crippen LogP contribution in [-0.4, -0.2) is 67.8 Å². The van der Waals surface area contributed by atoms with Crippen LogP contribution in [0.25, 0.3) is 10.9 Å². The van der Waals surface area contributed by atoms with Crippen LogP contribution in [0.4, 0.5) is 5.95 Å². The van der Waals surface area contributed by atoms with Gasteiger partial charge in [0.2, 0.25) is 5.95 Å². The van der Waals surface area contributed by atoms with Gasteiger partial charge < -0.3 is 10.0 Å². The first-order valence-corrected chi connectivity index (χ1v) is 10.5. The molecule has 0 unspecified atom stereocenters. The number of aliphatic carboxylic acids is 1. The molecule has 0 spiro atoms. The third-order valence-electron chi connectivity index (χ3n) is 4.74. The van der Waals surface area contributed by atoms with Crippen molar-refractivity contribution in [2.75, 3.05) is 36.8 Å². The Kier molecular flexibility index (Phi) is 6.16. The molecule has 2 aromatic heterocycles. The van der Waals surface area contributed by atoms with E-state index in [0.717, 1.165) is 53.9 Å². The SMILES string of the molecule is O=C(O)CCSc1nc(CN2CCN(c3ncccn3)CC2)nc2ccccc12. The summed E-state index contributed by atoms with van der Waals surface area (Å²) in [6, 6.07) is 9.71. The fourth-order valence-corrected chi connectivity index (χ4v) is 4.24. The third-order valence-corrected chi connectivity index (χ3v) is 5.73. The van der Waals surface area contributed by atoms with E-state index in [-0.39, 0.29) is 6.42 Å². The van der Waals surface area contributed by atoms with Gasteiger partial charge in [-0.2, -0.15) is 0 Å². The summed E-state index contributed by atoms with van der Waals surface area (Å²) >= 11 is 1.48. The number of hydrogen-bond donors (Lipinski definition) is 1. The second-order valence-electron chi connectivity index (χ2n) is 6.77. The highest BCUT2D eigenvalue weighted by atomic mass is 32.2. The van der Waals surface area contributed by atoms with Gasteiger partial charge in [0.25, 0.3) is 0 Å². The fourth-order valence-electron chi connectivity index (χ4n) is 3.27. The zero-order valence-corrected chi connectivity index (χ0v) is 16.8. The summed E-state index contributed by atoms with van der Waals surface area (Å²) in [7, 11) is 0. The van der Waals surface area contributed by atoms with Gasteiger partial charge in [-0.05, 0) is 12.1 Å². The second kappa shape index (κ2) is 9.15. The maximum atomic E-state index is 10.8. The molecule has 3 heterocycles. The summed E-state index contributed by atoms with van der Waals surface area (Å²) in [6.45, 7) is 4.16. The van der Waals surface area contributed by atoms with Crippen molar-refractivity contribution >= 4 is 34.6 Å². The van der Waals surface area contributed by atoms with Crippen LogP contribution >= 0.6 is 11.8 Å². The number of carboxylic acid groups (broad SMARTS) is 1. The second-order valence-corrected chi connectivity index (χ2v) is 7.85. The topological polar surface area (TPSA) is 95.3 Å². The van der Waals surface area contributed by atoms with Crippen molar-refractivity contribution in [2.45, 2.75) is 18.0 Å². The zero-order chi connectivity index (χ0) is 20.1. The zero-order valence-electron chi connectivity index (χ0n) is 15.9. The number of rotatable bonds is 7. The first kappa shape index (κ1) is 19.5. The van der Waals surface area contributed by atoms with Gasteiger partial charge in [0, 0.05) is 49.7 Å². The van der Waals surface area contributed by atoms with Gasteiger partial charge in [0.15, 0.2) is 0 Å². The number of para-hydroxylation sites is 1. The number of hydrogen-bond acceptors (Lipinski definition) is 8. The number of carboxylic acids is 1. The van der Waals surface area contributed by atoms with E-state index in [9.17, 15) is 4.79 Å². The normalized spacial score (nSPS) is 15.0. The Morgan fingerprint density at radius 2 is 1.79 bits per heavy atom. The first-order valence-electron chi connectivity index (χ1n) is 9.53. The monoisotopic (exact) mass is 410 g/mol. The van der Waals surface area contributed by atoms with E-state index in [1.165, 1.54) is 11.8 Å². The Bertz CT molecular complexity index is 979. The third kappa shape index (κ3) is 4.99. The molecule has 0 bridgehead atoms. The highest BCUT2D eigenvalue weighted by molar-refractivity contribution is 7.99. The Morgan fingerprint density at radius 1 is 1.03 bits per heavy atom. The molecule has 0 amide bonds. The van der Waals surface area contributed by atoms with E-state index in [0.29, 0.717) is 12.3 Å². The van der Waals surface area contributed by atoms with E-state index in [2.05, 4.69) is 19.8 Å². The predicted octanol–water partition coefficient (Wildman–Crippen LogP) is 2.31. The molecular formula is C20H22N6O2S. The van der Waals surface area contributed by atoms with Gasteiger partial charge in [-0.3, -0.25) is 9.69 Å². The van der Waals surface area contributed by atoms with Crippen molar-refractivity contribution in [3.05, 3.63) is 48.5 Å². The van der Waals surface area contributed by atoms with Crippen molar-refractivity contribution in [1.82, 2.24) is 24.8 Å². The minimum Gasteiger partial charge on any atom is -0.481 e. The predicted molar refractivity (Wildman–Crippen MR) is 112 cm³/mol. The maximum absolute atomic E-state index is 10.8. The number of thioether (sulfide) groups is 1. The Balaban J connectivity index is 1.44. The summed E-state index contributed by atoms with van der Waals surface area (Å²) in [4.78, 5) is 33.5. The molecule has 0 aliphatic carbocycles. The number of carbonyl (C=O) groups is 1. The lowest BCUT2D eigenvalue weighted by atomic mass is 10.2. The number of anilines is 1. The highest BCUT2D eigenvalue weighted by Gasteiger charge is 2.20. The van der Waals surface area contributed by atoms with Crippen LogP contribution in [0.15, 0.2) is 47.8 Å². The number of nitrogens with zero attached hydrogens (tertiary/aromatic N) is 6. The van der Waals surface area contributed by atoms with Gasteiger partial charge in [0.05, 0.1) is 18.5 Å². The molecule has 1 aliphatic heterocycles. The number of benzene rings is 1. The van der Waals surface area contributed by atoms with E-state index in [1.807, 2.05) is 30.3 Å². The highest BCUT2D eigenvalue weighted by Crippen LogP contribution is 2.26. The molecule has 1 aromatic carbocycles. The first-order chi connectivity index (χ1) is 14.2. The Hall–Kier alpha value is -2.78. The van der Waals surface area contributed by atoms with Gasteiger partial charge in [-0.25, -0.2) is 19.9 Å². The van der Waals surface area contributed by atoms with Crippen molar-refractivity contribution in [1.29, 1.82) is 0 Å². The molecule has 1 N–H and O–H groups in total. The van der Waals surface area contributed by atoms with Gasteiger partial charge in [0.1, 0.15) is 10.9 Å². The standard InChI is InChI=1S/C20H22N6O2S/c27-18(28)6-13-29-19-15-4-1-2-5-16(15)23-17(24-19)14-25-9-11-26(12-10-25)20-21-7-3-8-22-20/h1-5,7-8H,6,9-14H2,(H,27,28). The summed E-state index contributed by atoms with van der Waals surface area (Å²) in [5.74, 6) is 1.24. The smallest absolute Gasteiger partial charge is 0.304 e. The summed E-state index contributed by atoms with van der Waals surface area (Å²) in [6.07, 6.45) is 3.64. The molecule has 0 radical (unpaired) electrons. The van der Waals surface area contributed by atoms with Crippen molar-refractivity contribution < 1.29 is 9.90 Å². The number of fused-ring (bicyclic) bond motifs is 1. The largest absolute Gasteiger partial charge is 0.481 e. The van der Waals surface area contributed by atoms with Crippen LogP contribution in [0.1, 0.15) is 12.2 Å². The minimum atomic E-state index is -0.795. The van der Waals surface area contributed by atoms with Crippen LogP contribution in [-0.2, 0) is 11.3 Å². The average Bonchev–Trinajstić information content (AvgIpc) is 2.75. The molecule has 29 heavy (non-hydrogen) atoms. The molecule has 0 saturated carbocycles. The fraction of sp³-hybridized carbons (Fsp3) is 0.350. The molecule has 9 heteroatoms. The maximum Gasteiger partial charge on any atom is 0.304 e. The molecule has 150 valence electrons. The van der Waals surface area contributed by atoms with E-state index < -0.39 is 5.97 Å². The number of piperazine rings is 1. The van der Waals surface area contributed by atoms with Crippen molar-refractivity contribution in [3.8, 4) is 0 Å². The molecule has 3 aromatic rings. The van der Waals surface area contributed by atoms with Crippen LogP contribution in [0.5, 0.6) is 0 Å². The molecule has 4 rings (SSSR count). The quantitative estimate of drug-likeness (QED) is 0.465. The van der Waals surface area contributed by atoms with E-state index in [4.69, 9.17) is 15.1 Å². The average molecular weight is 411 g/mol. The van der Waals surface area contributed by atoms with Crippen LogP contribution < -0.4 is 4.90 Å². The summed E-state index contributed by atoms with van der Waals surface area (Å²) in [5.41, 5.74) is 0.895. The lowest BCUT2D eigenvalue weighted by molar-refractivity contribution is -0.136. The number of aromatic nitrogens is 4. The molecule has 1 fully saturated rings. The summed E-state index contributed by atoms with van der Waals surface area (Å²) in [5, 5.41) is 10.7. The Morgan fingerprint density at radius 3 is 2.55 bits per heavy atom.